The van der Waals surface area contributed by atoms with Crippen molar-refractivity contribution in [3.05, 3.63) is 114 Å². The molecule has 0 amide bonds. The molecule has 5 aliphatic rings. The van der Waals surface area contributed by atoms with Crippen molar-refractivity contribution in [1.29, 1.82) is 0 Å². The summed E-state index contributed by atoms with van der Waals surface area (Å²) in [4.78, 5) is 40.3. The first kappa shape index (κ1) is 36.0. The van der Waals surface area contributed by atoms with Gasteiger partial charge in [0.05, 0.1) is 11.7 Å². The number of ether oxygens (including phenoxy) is 5. The number of hydrogen-bond acceptors (Lipinski definition) is 9. The van der Waals surface area contributed by atoms with Crippen LogP contribution >= 0.6 is 0 Å². The molecule has 52 heavy (non-hydrogen) atoms. The van der Waals surface area contributed by atoms with Crippen LogP contribution in [0.2, 0.25) is 0 Å². The molecule has 2 fully saturated rings. The Morgan fingerprint density at radius 1 is 1.08 bits per heavy atom. The number of aliphatic hydroxyl groups excluding tert-OH is 1. The highest BCUT2D eigenvalue weighted by molar-refractivity contribution is 5.90. The van der Waals surface area contributed by atoms with Crippen molar-refractivity contribution in [3.8, 4) is 0 Å². The fourth-order valence-corrected chi connectivity index (χ4v) is 9.08. The SMILES string of the molecule is CO[C@H]1CC2C=C[C@H]3[C@H]4O[C@]2(/C(C)=C/[C@@H](C)[C@@H]([C@@H](C)OC(=O)c2ccc(C[n+]5ccccc5)cc2)OC1=O)[C@@H]3[C@H](O)[C@@H](C)[C@H]4OC(=O)C1=CC=CC1. The standard InChI is InChI=1S/C42H48NO9/c1-24-21-25(2)42-31(17-18-32-34(42)35(44)26(3)37(38(32)52-42)51-40(46)29-11-7-8-12-29)22-33(48-5)41(47)50-36(24)27(4)49-39(45)30-15-13-28(14-16-30)23-43-19-9-6-10-20-43/h6-11,13-21,24,26-27,31-38,44H,12,22-23H2,1-5H3/q+1/b25-21+/t24-,26-,27-,31?,32-,33+,34+,35-,36+,37-,38-,42+/m1/s1. The van der Waals surface area contributed by atoms with Crippen LogP contribution in [0.25, 0.3) is 0 Å². The molecule has 3 aliphatic carbocycles. The first-order valence-corrected chi connectivity index (χ1v) is 18.3. The van der Waals surface area contributed by atoms with E-state index in [1.54, 1.807) is 25.1 Å². The minimum absolute atomic E-state index is 0.209. The summed E-state index contributed by atoms with van der Waals surface area (Å²) in [6.07, 6.45) is 11.7. The number of carbonyl (C=O) groups excluding carboxylic acids is 3. The smallest absolute Gasteiger partial charge is 0.338 e. The Labute approximate surface area is 304 Å². The summed E-state index contributed by atoms with van der Waals surface area (Å²) in [6, 6.07) is 13.2. The predicted octanol–water partition coefficient (Wildman–Crippen LogP) is 4.85. The van der Waals surface area contributed by atoms with Gasteiger partial charge in [-0.2, -0.15) is 0 Å². The average molecular weight is 711 g/mol. The topological polar surface area (TPSA) is 121 Å². The summed E-state index contributed by atoms with van der Waals surface area (Å²) < 4.78 is 33.1. The lowest BCUT2D eigenvalue weighted by Crippen LogP contribution is -2.57. The number of cyclic esters (lactones) is 1. The third-order valence-corrected chi connectivity index (χ3v) is 11.8. The Bertz CT molecular complexity index is 1800. The van der Waals surface area contributed by atoms with Crippen LogP contribution in [0.15, 0.2) is 102 Å². The maximum atomic E-state index is 13.8. The lowest BCUT2D eigenvalue weighted by atomic mass is 9.57. The van der Waals surface area contributed by atoms with E-state index in [4.69, 9.17) is 23.7 Å². The van der Waals surface area contributed by atoms with Crippen LogP contribution in [-0.4, -0.2) is 72.3 Å². The van der Waals surface area contributed by atoms with Crippen molar-refractivity contribution in [2.75, 3.05) is 7.11 Å². The summed E-state index contributed by atoms with van der Waals surface area (Å²) in [5.74, 6) is -3.20. The summed E-state index contributed by atoms with van der Waals surface area (Å²) >= 11 is 0. The molecule has 7 rings (SSSR count). The highest BCUT2D eigenvalue weighted by Gasteiger charge is 2.69. The molecule has 1 aromatic carbocycles. The molecule has 12 atom stereocenters. The zero-order valence-electron chi connectivity index (χ0n) is 30.3. The lowest BCUT2D eigenvalue weighted by molar-refractivity contribution is -0.688. The van der Waals surface area contributed by atoms with Crippen LogP contribution in [0.5, 0.6) is 0 Å². The number of pyridine rings is 1. The molecule has 10 nitrogen and oxygen atoms in total. The molecule has 1 saturated heterocycles. The molecule has 10 heteroatoms. The van der Waals surface area contributed by atoms with Gasteiger partial charge < -0.3 is 28.8 Å². The molecule has 1 spiro atoms. The Morgan fingerprint density at radius 3 is 2.52 bits per heavy atom. The lowest BCUT2D eigenvalue weighted by Gasteiger charge is -2.49. The van der Waals surface area contributed by atoms with Gasteiger partial charge in [-0.1, -0.05) is 68.5 Å². The van der Waals surface area contributed by atoms with Crippen LogP contribution in [-0.2, 0) is 39.8 Å². The van der Waals surface area contributed by atoms with Gasteiger partial charge in [0, 0.05) is 60.0 Å². The van der Waals surface area contributed by atoms with Gasteiger partial charge in [-0.05, 0) is 44.4 Å². The molecule has 2 aromatic rings. The third-order valence-electron chi connectivity index (χ3n) is 11.8. The van der Waals surface area contributed by atoms with E-state index in [2.05, 4.69) is 12.2 Å². The number of nitrogens with zero attached hydrogens (tertiary/aromatic N) is 1. The second kappa shape index (κ2) is 14.6. The highest BCUT2D eigenvalue weighted by Crippen LogP contribution is 2.61. The molecule has 274 valence electrons. The van der Waals surface area contributed by atoms with Crippen molar-refractivity contribution in [2.24, 2.45) is 29.6 Å². The molecule has 1 saturated carbocycles. The van der Waals surface area contributed by atoms with Crippen LogP contribution in [0.1, 0.15) is 56.5 Å². The van der Waals surface area contributed by atoms with Gasteiger partial charge >= 0.3 is 17.9 Å². The minimum atomic E-state index is -1.000. The van der Waals surface area contributed by atoms with Gasteiger partial charge in [0.25, 0.3) is 0 Å². The largest absolute Gasteiger partial charge is 0.456 e. The first-order chi connectivity index (χ1) is 25.0. The second-order valence-electron chi connectivity index (χ2n) is 14.9. The van der Waals surface area contributed by atoms with Crippen LogP contribution in [0.4, 0.5) is 0 Å². The molecular weight excluding hydrogens is 662 g/mol. The number of benzene rings is 1. The van der Waals surface area contributed by atoms with Gasteiger partial charge in [-0.25, -0.2) is 19.0 Å². The molecule has 1 N–H and O–H groups in total. The quantitative estimate of drug-likeness (QED) is 0.178. The Kier molecular flexibility index (Phi) is 10.1. The van der Waals surface area contributed by atoms with E-state index in [-0.39, 0.29) is 30.1 Å². The number of rotatable bonds is 8. The van der Waals surface area contributed by atoms with E-state index in [1.807, 2.05) is 86.3 Å². The van der Waals surface area contributed by atoms with Gasteiger partial charge in [0.1, 0.15) is 30.0 Å². The summed E-state index contributed by atoms with van der Waals surface area (Å²) in [6.45, 7) is 8.20. The van der Waals surface area contributed by atoms with Gasteiger partial charge in [-0.15, -0.1) is 0 Å². The van der Waals surface area contributed by atoms with Gasteiger partial charge in [0.15, 0.2) is 25.0 Å². The van der Waals surface area contributed by atoms with E-state index in [9.17, 15) is 19.5 Å². The summed E-state index contributed by atoms with van der Waals surface area (Å²) in [5, 5.41) is 12.0. The summed E-state index contributed by atoms with van der Waals surface area (Å²) in [7, 11) is 1.47. The Balaban J connectivity index is 1.14. The predicted molar refractivity (Wildman–Crippen MR) is 189 cm³/mol. The van der Waals surface area contributed by atoms with Crippen LogP contribution in [0.3, 0.4) is 0 Å². The molecular formula is C42H48NO9+. The van der Waals surface area contributed by atoms with Gasteiger partial charge in [0.2, 0.25) is 0 Å². The van der Waals surface area contributed by atoms with E-state index in [1.165, 1.54) is 7.11 Å². The number of allylic oxidation sites excluding steroid dienone is 3. The average Bonchev–Trinajstić information content (AvgIpc) is 3.75. The fraction of sp³-hybridized carbons (Fsp3) is 0.476. The minimum Gasteiger partial charge on any atom is -0.456 e. The van der Waals surface area contributed by atoms with E-state index >= 15 is 0 Å². The highest BCUT2D eigenvalue weighted by atomic mass is 16.6. The Morgan fingerprint density at radius 2 is 1.83 bits per heavy atom. The second-order valence-corrected chi connectivity index (χ2v) is 14.9. The van der Waals surface area contributed by atoms with Gasteiger partial charge in [-0.3, -0.25) is 0 Å². The van der Waals surface area contributed by atoms with Crippen molar-refractivity contribution >= 4 is 17.9 Å². The Hall–Kier alpha value is -4.38. The van der Waals surface area contributed by atoms with E-state index in [0.717, 1.165) is 11.1 Å². The van der Waals surface area contributed by atoms with Crippen molar-refractivity contribution in [1.82, 2.24) is 0 Å². The maximum Gasteiger partial charge on any atom is 0.338 e. The molecule has 2 aliphatic heterocycles. The van der Waals surface area contributed by atoms with Crippen LogP contribution in [0, 0.1) is 29.6 Å². The maximum absolute atomic E-state index is 13.8. The van der Waals surface area contributed by atoms with E-state index in [0.29, 0.717) is 24.1 Å². The van der Waals surface area contributed by atoms with Crippen molar-refractivity contribution in [2.45, 2.75) is 89.3 Å². The molecule has 1 unspecified atom stereocenters. The number of esters is 3. The number of aromatic nitrogens is 1. The molecule has 1 aromatic heterocycles. The normalized spacial score (nSPS) is 36.5. The van der Waals surface area contributed by atoms with Crippen LogP contribution < -0.4 is 4.57 Å². The molecule has 3 heterocycles. The molecule has 4 bridgehead atoms. The molecule has 0 radical (unpaired) electrons. The number of methoxy groups -OCH3 is 1. The first-order valence-electron chi connectivity index (χ1n) is 18.3. The number of hydrogen-bond donors (Lipinski definition) is 1. The van der Waals surface area contributed by atoms with E-state index < -0.39 is 66.1 Å². The number of aliphatic hydroxyl groups is 1. The zero-order chi connectivity index (χ0) is 36.7. The monoisotopic (exact) mass is 710 g/mol. The van der Waals surface area contributed by atoms with Crippen molar-refractivity contribution in [3.63, 3.8) is 0 Å². The zero-order valence-corrected chi connectivity index (χ0v) is 30.3. The summed E-state index contributed by atoms with van der Waals surface area (Å²) in [5.41, 5.74) is 1.86. The third kappa shape index (κ3) is 6.46. The number of carbonyl (C=O) groups is 3. The fourth-order valence-electron chi connectivity index (χ4n) is 9.08. The van der Waals surface area contributed by atoms with Crippen molar-refractivity contribution < 1.29 is 47.7 Å².